The molecule has 1 heterocycles. The molecule has 120 valence electrons. The number of ether oxygens (including phenoxy) is 1. The number of carbonyl (C=O) groups excluding carboxylic acids is 2. The van der Waals surface area contributed by atoms with E-state index in [2.05, 4.69) is 20.8 Å². The Hall–Kier alpha value is -2.96. The summed E-state index contributed by atoms with van der Waals surface area (Å²) in [6.45, 7) is 3.57. The zero-order chi connectivity index (χ0) is 16.7. The number of aryl methyl sites for hydroxylation is 2. The molecule has 23 heavy (non-hydrogen) atoms. The first-order chi connectivity index (χ1) is 11.1. The van der Waals surface area contributed by atoms with E-state index in [-0.39, 0.29) is 12.3 Å². The summed E-state index contributed by atoms with van der Waals surface area (Å²) in [5.74, 6) is -0.356. The van der Waals surface area contributed by atoms with Gasteiger partial charge in [0, 0.05) is 6.20 Å². The SMILES string of the molecule is CCc1ccccc1OCC(=O)NNC(=O)c1cnc(C)cn1. The van der Waals surface area contributed by atoms with E-state index in [9.17, 15) is 9.59 Å². The molecule has 0 aliphatic rings. The molecule has 0 aliphatic heterocycles. The van der Waals surface area contributed by atoms with Gasteiger partial charge in [0.2, 0.25) is 0 Å². The summed E-state index contributed by atoms with van der Waals surface area (Å²) in [5.41, 5.74) is 6.37. The second-order valence-corrected chi connectivity index (χ2v) is 4.80. The third-order valence-electron chi connectivity index (χ3n) is 3.04. The van der Waals surface area contributed by atoms with Crippen LogP contribution in [0.4, 0.5) is 0 Å². The number of rotatable bonds is 5. The van der Waals surface area contributed by atoms with E-state index in [1.807, 2.05) is 25.1 Å². The van der Waals surface area contributed by atoms with Gasteiger partial charge in [-0.1, -0.05) is 25.1 Å². The van der Waals surface area contributed by atoms with Gasteiger partial charge in [-0.3, -0.25) is 25.4 Å². The van der Waals surface area contributed by atoms with Gasteiger partial charge in [-0.15, -0.1) is 0 Å². The van der Waals surface area contributed by atoms with Crippen LogP contribution in [0, 0.1) is 6.92 Å². The van der Waals surface area contributed by atoms with Crippen LogP contribution in [-0.4, -0.2) is 28.4 Å². The molecule has 1 aromatic carbocycles. The van der Waals surface area contributed by atoms with Crippen LogP contribution < -0.4 is 15.6 Å². The minimum atomic E-state index is -0.542. The Bertz CT molecular complexity index is 686. The maximum atomic E-state index is 11.8. The molecule has 0 fully saturated rings. The van der Waals surface area contributed by atoms with Gasteiger partial charge < -0.3 is 4.74 Å². The molecule has 0 aliphatic carbocycles. The normalized spacial score (nSPS) is 10.0. The smallest absolute Gasteiger partial charge is 0.289 e. The van der Waals surface area contributed by atoms with Crippen molar-refractivity contribution >= 4 is 11.8 Å². The average molecular weight is 314 g/mol. The predicted octanol–water partition coefficient (Wildman–Crippen LogP) is 1.19. The lowest BCUT2D eigenvalue weighted by Gasteiger charge is -2.11. The van der Waals surface area contributed by atoms with Crippen molar-refractivity contribution in [2.24, 2.45) is 0 Å². The summed E-state index contributed by atoms with van der Waals surface area (Å²) in [6.07, 6.45) is 3.62. The number of para-hydroxylation sites is 1. The lowest BCUT2D eigenvalue weighted by atomic mass is 10.1. The van der Waals surface area contributed by atoms with E-state index >= 15 is 0 Å². The largest absolute Gasteiger partial charge is 0.483 e. The molecule has 2 aromatic rings. The van der Waals surface area contributed by atoms with Gasteiger partial charge in [0.25, 0.3) is 11.8 Å². The standard InChI is InChI=1S/C16H18N4O3/c1-3-12-6-4-5-7-14(12)23-10-15(21)19-20-16(22)13-9-17-11(2)8-18-13/h4-9H,3,10H2,1-2H3,(H,19,21)(H,20,22). The molecule has 0 saturated heterocycles. The average Bonchev–Trinajstić information content (AvgIpc) is 2.58. The number of amides is 2. The number of hydrazine groups is 1. The molecule has 7 heteroatoms. The Morgan fingerprint density at radius 3 is 2.61 bits per heavy atom. The van der Waals surface area contributed by atoms with E-state index in [4.69, 9.17) is 4.74 Å². The third-order valence-corrected chi connectivity index (χ3v) is 3.04. The number of nitrogens with zero attached hydrogens (tertiary/aromatic N) is 2. The molecule has 0 saturated carbocycles. The van der Waals surface area contributed by atoms with Crippen LogP contribution in [0.3, 0.4) is 0 Å². The van der Waals surface area contributed by atoms with Crippen molar-refractivity contribution in [1.29, 1.82) is 0 Å². The van der Waals surface area contributed by atoms with E-state index in [0.717, 1.165) is 12.0 Å². The van der Waals surface area contributed by atoms with Crippen molar-refractivity contribution in [1.82, 2.24) is 20.8 Å². The Kier molecular flexibility index (Phi) is 5.62. The molecule has 0 atom stereocenters. The van der Waals surface area contributed by atoms with Crippen LogP contribution in [0.15, 0.2) is 36.7 Å². The predicted molar refractivity (Wildman–Crippen MR) is 83.7 cm³/mol. The monoisotopic (exact) mass is 314 g/mol. The Morgan fingerprint density at radius 1 is 1.13 bits per heavy atom. The zero-order valence-electron chi connectivity index (χ0n) is 13.0. The van der Waals surface area contributed by atoms with Gasteiger partial charge >= 0.3 is 0 Å². The molecule has 0 unspecified atom stereocenters. The van der Waals surface area contributed by atoms with Crippen molar-refractivity contribution in [3.05, 3.63) is 53.6 Å². The first kappa shape index (κ1) is 16.4. The molecule has 1 aromatic heterocycles. The molecular formula is C16H18N4O3. The molecule has 2 amide bonds. The van der Waals surface area contributed by atoms with Crippen LogP contribution in [0.1, 0.15) is 28.7 Å². The first-order valence-electron chi connectivity index (χ1n) is 7.18. The van der Waals surface area contributed by atoms with Gasteiger partial charge in [-0.25, -0.2) is 4.98 Å². The molecule has 2 rings (SSSR count). The van der Waals surface area contributed by atoms with Crippen molar-refractivity contribution < 1.29 is 14.3 Å². The van der Waals surface area contributed by atoms with Gasteiger partial charge in [0.1, 0.15) is 11.4 Å². The van der Waals surface area contributed by atoms with Crippen LogP contribution in [0.25, 0.3) is 0 Å². The summed E-state index contributed by atoms with van der Waals surface area (Å²) < 4.78 is 5.45. The van der Waals surface area contributed by atoms with Gasteiger partial charge in [-0.05, 0) is 25.0 Å². The van der Waals surface area contributed by atoms with Crippen molar-refractivity contribution in [2.45, 2.75) is 20.3 Å². The second kappa shape index (κ2) is 7.88. The van der Waals surface area contributed by atoms with Crippen LogP contribution in [-0.2, 0) is 11.2 Å². The fourth-order valence-electron chi connectivity index (χ4n) is 1.82. The molecular weight excluding hydrogens is 296 g/mol. The number of hydrogen-bond donors (Lipinski definition) is 2. The first-order valence-corrected chi connectivity index (χ1v) is 7.18. The molecule has 2 N–H and O–H groups in total. The maximum absolute atomic E-state index is 11.8. The van der Waals surface area contributed by atoms with Crippen molar-refractivity contribution in [2.75, 3.05) is 6.61 Å². The second-order valence-electron chi connectivity index (χ2n) is 4.80. The minimum absolute atomic E-state index is 0.119. The number of hydrogen-bond acceptors (Lipinski definition) is 5. The van der Waals surface area contributed by atoms with E-state index in [0.29, 0.717) is 11.4 Å². The van der Waals surface area contributed by atoms with Gasteiger partial charge in [0.05, 0.1) is 11.9 Å². The highest BCUT2D eigenvalue weighted by molar-refractivity contribution is 5.93. The number of benzene rings is 1. The van der Waals surface area contributed by atoms with Crippen LogP contribution >= 0.6 is 0 Å². The Morgan fingerprint density at radius 2 is 1.91 bits per heavy atom. The number of carbonyl (C=O) groups is 2. The summed E-state index contributed by atoms with van der Waals surface area (Å²) in [6, 6.07) is 7.48. The van der Waals surface area contributed by atoms with Crippen molar-refractivity contribution in [3.8, 4) is 5.75 Å². The molecule has 0 bridgehead atoms. The minimum Gasteiger partial charge on any atom is -0.483 e. The summed E-state index contributed by atoms with van der Waals surface area (Å²) in [5, 5.41) is 0. The van der Waals surface area contributed by atoms with Crippen LogP contribution in [0.5, 0.6) is 5.75 Å². The number of aromatic nitrogens is 2. The lowest BCUT2D eigenvalue weighted by molar-refractivity contribution is -0.123. The lowest BCUT2D eigenvalue weighted by Crippen LogP contribution is -2.44. The molecule has 7 nitrogen and oxygen atoms in total. The third kappa shape index (κ3) is 4.77. The Balaban J connectivity index is 1.81. The molecule has 0 spiro atoms. The summed E-state index contributed by atoms with van der Waals surface area (Å²) in [7, 11) is 0. The zero-order valence-corrected chi connectivity index (χ0v) is 13.0. The number of nitrogens with one attached hydrogen (secondary N) is 2. The topological polar surface area (TPSA) is 93.2 Å². The van der Waals surface area contributed by atoms with E-state index in [1.54, 1.807) is 13.0 Å². The Labute approximate surface area is 134 Å². The summed E-state index contributed by atoms with van der Waals surface area (Å²) in [4.78, 5) is 31.4. The fourth-order valence-corrected chi connectivity index (χ4v) is 1.82. The highest BCUT2D eigenvalue weighted by Gasteiger charge is 2.10. The quantitative estimate of drug-likeness (QED) is 0.809. The molecule has 0 radical (unpaired) electrons. The van der Waals surface area contributed by atoms with E-state index < -0.39 is 11.8 Å². The van der Waals surface area contributed by atoms with E-state index in [1.165, 1.54) is 12.4 Å². The van der Waals surface area contributed by atoms with Crippen LogP contribution in [0.2, 0.25) is 0 Å². The highest BCUT2D eigenvalue weighted by atomic mass is 16.5. The maximum Gasteiger partial charge on any atom is 0.289 e. The highest BCUT2D eigenvalue weighted by Crippen LogP contribution is 2.17. The van der Waals surface area contributed by atoms with Crippen molar-refractivity contribution in [3.63, 3.8) is 0 Å². The van der Waals surface area contributed by atoms with Gasteiger partial charge in [-0.2, -0.15) is 0 Å². The fraction of sp³-hybridized carbons (Fsp3) is 0.250. The summed E-state index contributed by atoms with van der Waals surface area (Å²) >= 11 is 0. The van der Waals surface area contributed by atoms with Gasteiger partial charge in [0.15, 0.2) is 6.61 Å².